The van der Waals surface area contributed by atoms with E-state index in [1.807, 2.05) is 66.7 Å². The van der Waals surface area contributed by atoms with Crippen LogP contribution in [-0.4, -0.2) is 25.2 Å². The average Bonchev–Trinajstić information content (AvgIpc) is 2.92. The van der Waals surface area contributed by atoms with E-state index in [0.717, 1.165) is 49.0 Å². The smallest absolute Gasteiger partial charge is 0.330 e. The van der Waals surface area contributed by atoms with E-state index in [1.165, 1.54) is 6.08 Å². The van der Waals surface area contributed by atoms with Crippen molar-refractivity contribution in [3.63, 3.8) is 0 Å². The zero-order valence-electron chi connectivity index (χ0n) is 20.9. The molecule has 0 spiro atoms. The third kappa shape index (κ3) is 8.81. The second-order valence-corrected chi connectivity index (χ2v) is 8.37. The molecule has 0 aliphatic carbocycles. The van der Waals surface area contributed by atoms with Crippen molar-refractivity contribution in [1.29, 1.82) is 0 Å². The second-order valence-electron chi connectivity index (χ2n) is 7.51. The molecule has 0 atom stereocenters. The number of esters is 2. The van der Waals surface area contributed by atoms with Crippen molar-refractivity contribution in [3.8, 4) is 0 Å². The van der Waals surface area contributed by atoms with Gasteiger partial charge in [0.1, 0.15) is 0 Å². The summed E-state index contributed by atoms with van der Waals surface area (Å²) in [6, 6.07) is 23.5. The molecule has 37 heavy (non-hydrogen) atoms. The highest BCUT2D eigenvalue weighted by atomic mass is 79.9. The molecule has 7 heteroatoms. The van der Waals surface area contributed by atoms with Gasteiger partial charge in [-0.1, -0.05) is 77.1 Å². The van der Waals surface area contributed by atoms with Crippen molar-refractivity contribution >= 4 is 66.9 Å². The summed E-state index contributed by atoms with van der Waals surface area (Å²) in [7, 11) is 0. The van der Waals surface area contributed by atoms with Crippen LogP contribution >= 0.6 is 15.9 Å². The lowest BCUT2D eigenvalue weighted by Gasteiger charge is -2.05. The maximum atomic E-state index is 11.3. The number of hydrogen-bond acceptors (Lipinski definition) is 6. The quantitative estimate of drug-likeness (QED) is 0.155. The maximum absolute atomic E-state index is 11.3. The molecule has 0 unspecified atom stereocenters. The molecule has 0 heterocycles. The molecule has 0 saturated heterocycles. The van der Waals surface area contributed by atoms with Gasteiger partial charge in [-0.05, 0) is 54.5 Å². The Hall–Kier alpha value is -4.10. The van der Waals surface area contributed by atoms with Crippen LogP contribution in [-0.2, 0) is 19.1 Å². The summed E-state index contributed by atoms with van der Waals surface area (Å²) in [5.74, 6) is -0.694. The number of benzene rings is 4. The lowest BCUT2D eigenvalue weighted by molar-refractivity contribution is -0.138. The summed E-state index contributed by atoms with van der Waals surface area (Å²) >= 11 is 3.48. The van der Waals surface area contributed by atoms with E-state index in [0.29, 0.717) is 13.2 Å². The minimum atomic E-state index is -0.359. The van der Waals surface area contributed by atoms with Gasteiger partial charge in [-0.3, -0.25) is 0 Å². The van der Waals surface area contributed by atoms with Gasteiger partial charge < -0.3 is 20.9 Å². The van der Waals surface area contributed by atoms with E-state index < -0.39 is 0 Å². The minimum absolute atomic E-state index is 0.335. The van der Waals surface area contributed by atoms with Crippen molar-refractivity contribution < 1.29 is 19.1 Å². The van der Waals surface area contributed by atoms with Crippen LogP contribution in [0.1, 0.15) is 19.4 Å². The number of hydrogen-bond donors (Lipinski definition) is 2. The number of nitrogen functional groups attached to an aromatic ring is 2. The molecule has 4 aromatic carbocycles. The molecular weight excluding hydrogens is 532 g/mol. The number of anilines is 2. The Morgan fingerprint density at radius 1 is 0.757 bits per heavy atom. The normalized spacial score (nSPS) is 10.1. The first-order valence-electron chi connectivity index (χ1n) is 11.7. The Balaban J connectivity index is 0.000000218. The molecule has 0 fully saturated rings. The van der Waals surface area contributed by atoms with E-state index in [2.05, 4.69) is 33.3 Å². The molecule has 0 aromatic heterocycles. The van der Waals surface area contributed by atoms with Crippen molar-refractivity contribution in [2.45, 2.75) is 13.8 Å². The highest BCUT2D eigenvalue weighted by molar-refractivity contribution is 9.10. The fraction of sp³-hybridized carbons (Fsp3) is 0.133. The molecule has 4 aromatic rings. The third-order valence-corrected chi connectivity index (χ3v) is 5.73. The van der Waals surface area contributed by atoms with Crippen molar-refractivity contribution in [1.82, 2.24) is 0 Å². The van der Waals surface area contributed by atoms with E-state index >= 15 is 0 Å². The Labute approximate surface area is 225 Å². The summed E-state index contributed by atoms with van der Waals surface area (Å²) in [6.07, 6.45) is 4.32. The summed E-state index contributed by atoms with van der Waals surface area (Å²) in [4.78, 5) is 21.4. The Kier molecular flexibility index (Phi) is 11.9. The predicted octanol–water partition coefficient (Wildman–Crippen LogP) is 6.92. The zero-order valence-corrected chi connectivity index (χ0v) is 22.5. The van der Waals surface area contributed by atoms with Gasteiger partial charge in [-0.2, -0.15) is 0 Å². The molecule has 0 bridgehead atoms. The largest absolute Gasteiger partial charge is 0.463 e. The van der Waals surface area contributed by atoms with Crippen LogP contribution in [0.2, 0.25) is 0 Å². The van der Waals surface area contributed by atoms with Crippen LogP contribution in [0.5, 0.6) is 0 Å². The van der Waals surface area contributed by atoms with Gasteiger partial charge in [0.05, 0.1) is 13.2 Å². The number of rotatable bonds is 5. The first kappa shape index (κ1) is 29.1. The van der Waals surface area contributed by atoms with Crippen molar-refractivity contribution in [2.24, 2.45) is 0 Å². The topological polar surface area (TPSA) is 105 Å². The number of halogens is 1. The van der Waals surface area contributed by atoms with Gasteiger partial charge in [0, 0.05) is 38.8 Å². The zero-order chi connectivity index (χ0) is 27.2. The van der Waals surface area contributed by atoms with Gasteiger partial charge in [0.25, 0.3) is 0 Å². The molecule has 6 nitrogen and oxygen atoms in total. The molecule has 0 aliphatic rings. The number of carbonyl (C=O) groups excluding carboxylic acids is 2. The molecule has 0 aliphatic heterocycles. The summed E-state index contributed by atoms with van der Waals surface area (Å²) in [5.41, 5.74) is 14.2. The van der Waals surface area contributed by atoms with Gasteiger partial charge in [0.2, 0.25) is 0 Å². The van der Waals surface area contributed by atoms with Gasteiger partial charge in [0.15, 0.2) is 0 Å². The molecule has 192 valence electrons. The monoisotopic (exact) mass is 562 g/mol. The SMILES string of the molecule is C=CC(=O)OCC.CCOC(=O)/C=C/c1ccc(N)c2ccccc12.Nc1ccc(Br)c2ccccc12. The summed E-state index contributed by atoms with van der Waals surface area (Å²) in [6.45, 7) is 7.54. The molecule has 4 rings (SSSR count). The Morgan fingerprint density at radius 2 is 1.24 bits per heavy atom. The van der Waals surface area contributed by atoms with Crippen molar-refractivity contribution in [2.75, 3.05) is 24.7 Å². The number of nitrogens with two attached hydrogens (primary N) is 2. The van der Waals surface area contributed by atoms with Gasteiger partial charge in [-0.15, -0.1) is 0 Å². The van der Waals surface area contributed by atoms with E-state index in [1.54, 1.807) is 19.9 Å². The van der Waals surface area contributed by atoms with E-state index in [4.69, 9.17) is 16.2 Å². The number of fused-ring (bicyclic) bond motifs is 2. The van der Waals surface area contributed by atoms with Crippen LogP contribution in [0.15, 0.2) is 96.0 Å². The highest BCUT2D eigenvalue weighted by Gasteiger charge is 2.02. The predicted molar refractivity (Wildman–Crippen MR) is 157 cm³/mol. The fourth-order valence-electron chi connectivity index (χ4n) is 3.33. The summed E-state index contributed by atoms with van der Waals surface area (Å²) < 4.78 is 10.4. The van der Waals surface area contributed by atoms with Crippen LogP contribution in [0.3, 0.4) is 0 Å². The van der Waals surface area contributed by atoms with Gasteiger partial charge in [-0.25, -0.2) is 9.59 Å². The minimum Gasteiger partial charge on any atom is -0.463 e. The maximum Gasteiger partial charge on any atom is 0.330 e. The molecular formula is C30H31BrN2O4. The van der Waals surface area contributed by atoms with Crippen LogP contribution in [0.25, 0.3) is 27.6 Å². The first-order valence-corrected chi connectivity index (χ1v) is 12.5. The van der Waals surface area contributed by atoms with Crippen LogP contribution in [0, 0.1) is 0 Å². The van der Waals surface area contributed by atoms with Crippen molar-refractivity contribution in [3.05, 3.63) is 102 Å². The molecule has 0 radical (unpaired) electrons. The van der Waals surface area contributed by atoms with Crippen LogP contribution < -0.4 is 11.5 Å². The average molecular weight is 563 g/mol. The summed E-state index contributed by atoms with van der Waals surface area (Å²) in [5, 5.41) is 4.28. The number of ether oxygens (including phenoxy) is 2. The van der Waals surface area contributed by atoms with Crippen LogP contribution in [0.4, 0.5) is 11.4 Å². The standard InChI is InChI=1S/C15H15NO2.C10H8BrN.C5H8O2/c1-2-18-15(17)10-8-11-7-9-14(16)13-6-4-3-5-12(11)13;11-9-5-6-10(12)8-4-2-1-3-7(8)9;1-3-5(6)7-4-2/h3-10H,2,16H2,1H3;1-6H,12H2;3H,1,4H2,2H3/b10-8+;;. The highest BCUT2D eigenvalue weighted by Crippen LogP contribution is 2.28. The molecule has 0 amide bonds. The second kappa shape index (κ2) is 15.1. The lowest BCUT2D eigenvalue weighted by atomic mass is 10.0. The Bertz CT molecular complexity index is 1360. The Morgan fingerprint density at radius 3 is 1.76 bits per heavy atom. The van der Waals surface area contributed by atoms with Gasteiger partial charge >= 0.3 is 11.9 Å². The first-order chi connectivity index (χ1) is 17.8. The molecule has 0 saturated carbocycles. The fourth-order valence-corrected chi connectivity index (χ4v) is 3.80. The third-order valence-electron chi connectivity index (χ3n) is 5.03. The lowest BCUT2D eigenvalue weighted by Crippen LogP contribution is -1.98. The van der Waals surface area contributed by atoms with E-state index in [-0.39, 0.29) is 11.9 Å². The number of carbonyl (C=O) groups is 2. The molecule has 4 N–H and O–H groups in total. The van der Waals surface area contributed by atoms with E-state index in [9.17, 15) is 9.59 Å².